The quantitative estimate of drug-likeness (QED) is 0.337. The molecular weight excluding hydrogens is 430 g/mol. The Hall–Kier alpha value is -4.05. The van der Waals surface area contributed by atoms with Gasteiger partial charge in [-0.25, -0.2) is 4.79 Å². The van der Waals surface area contributed by atoms with E-state index in [-0.39, 0.29) is 18.9 Å². The number of esters is 1. The smallest absolute Gasteiger partial charge is 0.331 e. The van der Waals surface area contributed by atoms with Gasteiger partial charge in [0.15, 0.2) is 6.61 Å². The SMILES string of the molecule is Cc1cc(C)cc(N(CCC#N)C(=O)COC(=O)/C=C/c2cc(C)n(Cc3ccco3)c2C)c1. The van der Waals surface area contributed by atoms with Crippen LogP contribution in [0.25, 0.3) is 6.08 Å². The summed E-state index contributed by atoms with van der Waals surface area (Å²) in [6.07, 6.45) is 4.83. The molecule has 0 fully saturated rings. The van der Waals surface area contributed by atoms with Crippen LogP contribution in [0.5, 0.6) is 0 Å². The van der Waals surface area contributed by atoms with Gasteiger partial charge in [0.2, 0.25) is 0 Å². The lowest BCUT2D eigenvalue weighted by Gasteiger charge is -2.22. The number of aromatic nitrogens is 1. The number of carbonyl (C=O) groups excluding carboxylic acids is 2. The van der Waals surface area contributed by atoms with Crippen LogP contribution in [-0.2, 0) is 20.9 Å². The standard InChI is InChI=1S/C27H29N3O4/c1-19-13-20(2)15-24(14-19)29(11-6-10-28)26(31)18-34-27(32)9-8-23-16-21(3)30(22(23)4)17-25-7-5-12-33-25/h5,7-9,12-16H,6,11,17-18H2,1-4H3/b9-8+. The Bertz CT molecular complexity index is 1210. The van der Waals surface area contributed by atoms with Crippen molar-refractivity contribution in [1.29, 1.82) is 5.26 Å². The predicted octanol–water partition coefficient (Wildman–Crippen LogP) is 4.87. The normalized spacial score (nSPS) is 10.9. The summed E-state index contributed by atoms with van der Waals surface area (Å²) in [5.74, 6) is -0.136. The number of nitriles is 1. The Morgan fingerprint density at radius 1 is 1.15 bits per heavy atom. The lowest BCUT2D eigenvalue weighted by Crippen LogP contribution is -2.35. The van der Waals surface area contributed by atoms with Gasteiger partial charge < -0.3 is 18.6 Å². The van der Waals surface area contributed by atoms with Crippen molar-refractivity contribution >= 4 is 23.6 Å². The summed E-state index contributed by atoms with van der Waals surface area (Å²) in [6, 6.07) is 13.6. The van der Waals surface area contributed by atoms with Gasteiger partial charge in [-0.05, 0) is 80.8 Å². The average molecular weight is 460 g/mol. The second kappa shape index (κ2) is 11.2. The van der Waals surface area contributed by atoms with Crippen LogP contribution in [0.3, 0.4) is 0 Å². The van der Waals surface area contributed by atoms with Gasteiger partial charge in [-0.15, -0.1) is 0 Å². The summed E-state index contributed by atoms with van der Waals surface area (Å²) >= 11 is 0. The van der Waals surface area contributed by atoms with Gasteiger partial charge in [0.25, 0.3) is 5.91 Å². The van der Waals surface area contributed by atoms with Gasteiger partial charge in [-0.2, -0.15) is 5.26 Å². The van der Waals surface area contributed by atoms with E-state index in [1.807, 2.05) is 64.1 Å². The van der Waals surface area contributed by atoms with E-state index in [2.05, 4.69) is 10.6 Å². The predicted molar refractivity (Wildman–Crippen MR) is 130 cm³/mol. The highest BCUT2D eigenvalue weighted by atomic mass is 16.5. The van der Waals surface area contributed by atoms with Crippen LogP contribution in [0.1, 0.15) is 40.3 Å². The van der Waals surface area contributed by atoms with Crippen molar-refractivity contribution in [2.75, 3.05) is 18.1 Å². The molecule has 0 aliphatic rings. The molecule has 3 rings (SSSR count). The van der Waals surface area contributed by atoms with Gasteiger partial charge in [0.1, 0.15) is 5.76 Å². The Morgan fingerprint density at radius 2 is 1.88 bits per heavy atom. The second-order valence-electron chi connectivity index (χ2n) is 8.23. The molecule has 1 amide bonds. The van der Waals surface area contributed by atoms with Crippen LogP contribution >= 0.6 is 0 Å². The van der Waals surface area contributed by atoms with Crippen molar-refractivity contribution in [3.63, 3.8) is 0 Å². The number of hydrogen-bond acceptors (Lipinski definition) is 5. The van der Waals surface area contributed by atoms with Gasteiger partial charge in [-0.1, -0.05) is 6.07 Å². The van der Waals surface area contributed by atoms with Crippen LogP contribution < -0.4 is 4.90 Å². The van der Waals surface area contributed by atoms with Gasteiger partial charge in [-0.3, -0.25) is 4.79 Å². The topological polar surface area (TPSA) is 88.5 Å². The molecule has 34 heavy (non-hydrogen) atoms. The summed E-state index contributed by atoms with van der Waals surface area (Å²) < 4.78 is 12.7. The third-order valence-electron chi connectivity index (χ3n) is 5.51. The minimum absolute atomic E-state index is 0.181. The first kappa shape index (κ1) is 24.6. The third-order valence-corrected chi connectivity index (χ3v) is 5.51. The van der Waals surface area contributed by atoms with Crippen molar-refractivity contribution in [3.05, 3.63) is 82.6 Å². The molecule has 0 N–H and O–H groups in total. The molecule has 176 valence electrons. The average Bonchev–Trinajstić information content (AvgIpc) is 3.39. The van der Waals surface area contributed by atoms with Gasteiger partial charge in [0.05, 0.1) is 25.3 Å². The summed E-state index contributed by atoms with van der Waals surface area (Å²) in [5.41, 5.74) is 5.63. The fraction of sp³-hybridized carbons (Fsp3) is 0.296. The Kier molecular flexibility index (Phi) is 8.10. The maximum absolute atomic E-state index is 12.8. The number of nitrogens with zero attached hydrogens (tertiary/aromatic N) is 3. The first-order valence-electron chi connectivity index (χ1n) is 11.1. The number of carbonyl (C=O) groups is 2. The number of benzene rings is 1. The number of amides is 1. The molecule has 0 aliphatic carbocycles. The van der Waals surface area contributed by atoms with E-state index in [4.69, 9.17) is 14.4 Å². The van der Waals surface area contributed by atoms with E-state index in [1.54, 1.807) is 12.3 Å². The molecule has 0 saturated carbocycles. The van der Waals surface area contributed by atoms with Crippen LogP contribution in [0, 0.1) is 39.0 Å². The molecule has 0 spiro atoms. The van der Waals surface area contributed by atoms with Crippen LogP contribution in [0.2, 0.25) is 0 Å². The van der Waals surface area contributed by atoms with E-state index >= 15 is 0 Å². The number of furan rings is 1. The van der Waals surface area contributed by atoms with Crippen LogP contribution in [0.4, 0.5) is 5.69 Å². The Labute approximate surface area is 199 Å². The summed E-state index contributed by atoms with van der Waals surface area (Å²) in [5, 5.41) is 8.98. The highest BCUT2D eigenvalue weighted by Gasteiger charge is 2.18. The highest BCUT2D eigenvalue weighted by molar-refractivity contribution is 5.96. The highest BCUT2D eigenvalue weighted by Crippen LogP contribution is 2.20. The van der Waals surface area contributed by atoms with Crippen LogP contribution in [-0.4, -0.2) is 29.6 Å². The Balaban J connectivity index is 1.64. The third kappa shape index (κ3) is 6.26. The molecule has 0 saturated heterocycles. The van der Waals surface area contributed by atoms with E-state index in [0.717, 1.165) is 33.8 Å². The Morgan fingerprint density at radius 3 is 2.53 bits per heavy atom. The molecular formula is C27H29N3O4. The van der Waals surface area contributed by atoms with E-state index in [9.17, 15) is 9.59 Å². The fourth-order valence-electron chi connectivity index (χ4n) is 3.88. The molecule has 2 aromatic heterocycles. The maximum Gasteiger partial charge on any atom is 0.331 e. The second-order valence-corrected chi connectivity index (χ2v) is 8.23. The summed E-state index contributed by atoms with van der Waals surface area (Å²) in [4.78, 5) is 26.6. The fourth-order valence-corrected chi connectivity index (χ4v) is 3.88. The molecule has 7 heteroatoms. The molecule has 0 aliphatic heterocycles. The van der Waals surface area contributed by atoms with Crippen LogP contribution in [0.15, 0.2) is 53.2 Å². The number of hydrogen-bond donors (Lipinski definition) is 0. The van der Waals surface area contributed by atoms with Crippen molar-refractivity contribution in [2.24, 2.45) is 0 Å². The number of aryl methyl sites for hydroxylation is 3. The van der Waals surface area contributed by atoms with Crippen molar-refractivity contribution in [2.45, 2.75) is 40.7 Å². The molecule has 0 radical (unpaired) electrons. The van der Waals surface area contributed by atoms with Crippen molar-refractivity contribution in [1.82, 2.24) is 4.57 Å². The molecule has 2 heterocycles. The largest absolute Gasteiger partial charge is 0.467 e. The molecule has 7 nitrogen and oxygen atoms in total. The van der Waals surface area contributed by atoms with Crippen molar-refractivity contribution in [3.8, 4) is 6.07 Å². The van der Waals surface area contributed by atoms with E-state index in [0.29, 0.717) is 12.2 Å². The summed E-state index contributed by atoms with van der Waals surface area (Å²) in [6.45, 7) is 8.29. The van der Waals surface area contributed by atoms with E-state index < -0.39 is 12.6 Å². The number of rotatable bonds is 9. The first-order valence-corrected chi connectivity index (χ1v) is 11.1. The molecule has 1 aromatic carbocycles. The molecule has 3 aromatic rings. The lowest BCUT2D eigenvalue weighted by atomic mass is 10.1. The monoisotopic (exact) mass is 459 g/mol. The molecule has 0 atom stereocenters. The minimum Gasteiger partial charge on any atom is -0.467 e. The number of anilines is 1. The maximum atomic E-state index is 12.8. The van der Waals surface area contributed by atoms with E-state index in [1.165, 1.54) is 11.0 Å². The summed E-state index contributed by atoms with van der Waals surface area (Å²) in [7, 11) is 0. The zero-order valence-electron chi connectivity index (χ0n) is 20.0. The lowest BCUT2D eigenvalue weighted by molar-refractivity contribution is -0.142. The molecule has 0 unspecified atom stereocenters. The zero-order valence-corrected chi connectivity index (χ0v) is 20.0. The molecule has 0 bridgehead atoms. The van der Waals surface area contributed by atoms with Crippen molar-refractivity contribution < 1.29 is 18.7 Å². The minimum atomic E-state index is -0.607. The van der Waals surface area contributed by atoms with Gasteiger partial charge in [0, 0.05) is 29.7 Å². The zero-order chi connectivity index (χ0) is 24.7. The first-order chi connectivity index (χ1) is 16.3. The number of ether oxygens (including phenoxy) is 1. The van der Waals surface area contributed by atoms with Gasteiger partial charge >= 0.3 is 5.97 Å².